The van der Waals surface area contributed by atoms with Crippen molar-refractivity contribution in [1.29, 1.82) is 0 Å². The first-order valence-corrected chi connectivity index (χ1v) is 11.0. The summed E-state index contributed by atoms with van der Waals surface area (Å²) >= 11 is 0. The average molecular weight is 459 g/mol. The quantitative estimate of drug-likeness (QED) is 0.425. The van der Waals surface area contributed by atoms with Gasteiger partial charge in [-0.25, -0.2) is 4.79 Å². The Hall–Kier alpha value is -4.20. The molecule has 2 aromatic carbocycles. The number of nitrogens with zero attached hydrogens (tertiary/aromatic N) is 3. The minimum atomic E-state index is -0.577. The number of hydrogen-bond donors (Lipinski definition) is 1. The van der Waals surface area contributed by atoms with Gasteiger partial charge in [0.05, 0.1) is 11.3 Å². The number of benzene rings is 2. The summed E-state index contributed by atoms with van der Waals surface area (Å²) in [4.78, 5) is 37.7. The largest absolute Gasteiger partial charge is 0.454 e. The zero-order chi connectivity index (χ0) is 24.2. The van der Waals surface area contributed by atoms with Gasteiger partial charge in [0, 0.05) is 41.2 Å². The molecule has 1 aliphatic heterocycles. The summed E-state index contributed by atoms with van der Waals surface area (Å²) in [6, 6.07) is 17.4. The Morgan fingerprint density at radius 1 is 0.971 bits per heavy atom. The molecule has 174 valence electrons. The summed E-state index contributed by atoms with van der Waals surface area (Å²) in [7, 11) is 0. The summed E-state index contributed by atoms with van der Waals surface area (Å²) < 4.78 is 6.82. The van der Waals surface area contributed by atoms with Crippen LogP contribution in [0.1, 0.15) is 55.8 Å². The third-order valence-corrected chi connectivity index (χ3v) is 5.69. The molecule has 0 saturated heterocycles. The van der Waals surface area contributed by atoms with Crippen LogP contribution < -0.4 is 10.4 Å². The second-order valence-corrected chi connectivity index (χ2v) is 8.18. The summed E-state index contributed by atoms with van der Waals surface area (Å²) in [5, 5.41) is 6.33. The van der Waals surface area contributed by atoms with Crippen LogP contribution >= 0.6 is 0 Å². The van der Waals surface area contributed by atoms with Crippen molar-refractivity contribution in [3.8, 4) is 0 Å². The highest BCUT2D eigenvalue weighted by atomic mass is 16.5. The van der Waals surface area contributed by atoms with Crippen LogP contribution in [0, 0.1) is 13.8 Å². The van der Waals surface area contributed by atoms with Crippen LogP contribution in [0.4, 0.5) is 5.69 Å². The molecule has 0 unspecified atom stereocenters. The third-order valence-electron chi connectivity index (χ3n) is 5.69. The van der Waals surface area contributed by atoms with E-state index in [9.17, 15) is 14.4 Å². The van der Waals surface area contributed by atoms with Crippen LogP contribution in [0.5, 0.6) is 0 Å². The molecule has 0 radical (unpaired) electrons. The lowest BCUT2D eigenvalue weighted by Crippen LogP contribution is -2.25. The first-order chi connectivity index (χ1) is 16.3. The molecule has 0 bridgehead atoms. The molecule has 1 N–H and O–H groups in total. The number of carbonyl (C=O) groups excluding carboxylic acids is 3. The maximum atomic E-state index is 12.8. The fourth-order valence-corrected chi connectivity index (χ4v) is 3.80. The third kappa shape index (κ3) is 4.91. The molecule has 1 aromatic heterocycles. The lowest BCUT2D eigenvalue weighted by molar-refractivity contribution is 0.0474. The predicted octanol–water partition coefficient (Wildman–Crippen LogP) is 4.11. The number of hydrogen-bond acceptors (Lipinski definition) is 6. The molecular formula is C26H26N4O4. The number of nitrogens with one attached hydrogen (secondary N) is 1. The monoisotopic (exact) mass is 458 g/mol. The number of esters is 1. The van der Waals surface area contributed by atoms with Gasteiger partial charge in [0.25, 0.3) is 5.91 Å². The number of amides is 1. The van der Waals surface area contributed by atoms with E-state index in [0.717, 1.165) is 24.4 Å². The van der Waals surface area contributed by atoms with Gasteiger partial charge in [-0.3, -0.25) is 24.7 Å². The van der Waals surface area contributed by atoms with Crippen LogP contribution in [-0.2, 0) is 4.74 Å². The number of aromatic nitrogens is 1. The number of ether oxygens (including phenoxy) is 1. The first kappa shape index (κ1) is 23.0. The molecule has 0 atom stereocenters. The van der Waals surface area contributed by atoms with Crippen molar-refractivity contribution in [2.75, 3.05) is 23.6 Å². The van der Waals surface area contributed by atoms with Gasteiger partial charge >= 0.3 is 5.97 Å². The zero-order valence-electron chi connectivity index (χ0n) is 19.4. The normalized spacial score (nSPS) is 12.9. The van der Waals surface area contributed by atoms with E-state index in [4.69, 9.17) is 4.74 Å². The maximum absolute atomic E-state index is 12.8. The highest BCUT2D eigenvalue weighted by molar-refractivity contribution is 6.02. The van der Waals surface area contributed by atoms with Crippen LogP contribution in [0.25, 0.3) is 0 Å². The van der Waals surface area contributed by atoms with E-state index in [1.807, 2.05) is 30.1 Å². The fraction of sp³-hybridized carbons (Fsp3) is 0.231. The van der Waals surface area contributed by atoms with Gasteiger partial charge in [-0.05, 0) is 63.2 Å². The van der Waals surface area contributed by atoms with Crippen molar-refractivity contribution in [2.45, 2.75) is 27.2 Å². The summed E-state index contributed by atoms with van der Waals surface area (Å²) in [5.41, 5.74) is 7.27. The molecule has 0 spiro atoms. The molecule has 0 fully saturated rings. The Labute approximate surface area is 197 Å². The number of carbonyl (C=O) groups is 3. The number of rotatable bonds is 7. The molecule has 1 aliphatic rings. The van der Waals surface area contributed by atoms with E-state index < -0.39 is 12.6 Å². The van der Waals surface area contributed by atoms with Crippen LogP contribution in [0.15, 0.2) is 65.8 Å². The zero-order valence-corrected chi connectivity index (χ0v) is 19.4. The van der Waals surface area contributed by atoms with E-state index >= 15 is 0 Å². The van der Waals surface area contributed by atoms with Gasteiger partial charge in [0.15, 0.2) is 6.61 Å². The Morgan fingerprint density at radius 2 is 1.68 bits per heavy atom. The minimum Gasteiger partial charge on any atom is -0.454 e. The van der Waals surface area contributed by atoms with Crippen molar-refractivity contribution in [3.63, 3.8) is 0 Å². The molecule has 2 heterocycles. The van der Waals surface area contributed by atoms with Crippen molar-refractivity contribution < 1.29 is 19.1 Å². The van der Waals surface area contributed by atoms with Gasteiger partial charge < -0.3 is 4.74 Å². The average Bonchev–Trinajstić information content (AvgIpc) is 3.41. The molecule has 0 aliphatic carbocycles. The number of ketones is 1. The van der Waals surface area contributed by atoms with Crippen molar-refractivity contribution in [1.82, 2.24) is 4.68 Å². The first-order valence-electron chi connectivity index (χ1n) is 11.0. The molecule has 0 saturated carbocycles. The topological polar surface area (TPSA) is 93.0 Å². The fourth-order valence-electron chi connectivity index (χ4n) is 3.80. The summed E-state index contributed by atoms with van der Waals surface area (Å²) in [6.45, 7) is 5.92. The highest BCUT2D eigenvalue weighted by Gasteiger charge is 2.20. The van der Waals surface area contributed by atoms with Gasteiger partial charge in [-0.2, -0.15) is 5.10 Å². The predicted molar refractivity (Wildman–Crippen MR) is 130 cm³/mol. The van der Waals surface area contributed by atoms with E-state index in [0.29, 0.717) is 28.1 Å². The van der Waals surface area contributed by atoms with Gasteiger partial charge in [0.2, 0.25) is 5.78 Å². The number of hydrazone groups is 1. The summed E-state index contributed by atoms with van der Waals surface area (Å²) in [5.74, 6) is -1.21. The standard InChI is InChI=1S/C26H26N4O4/c1-17-13-14-29(27-17)22-11-9-21(10-12-22)26(33)34-16-24(31)23-15-18(2)30(19(23)3)28-25(32)20-7-5-4-6-8-20/h4-12,15H,13-14,16H2,1-3H3,(H,28,32). The summed E-state index contributed by atoms with van der Waals surface area (Å²) in [6.07, 6.45) is 0.919. The lowest BCUT2D eigenvalue weighted by Gasteiger charge is -2.13. The maximum Gasteiger partial charge on any atom is 0.338 e. The van der Waals surface area contributed by atoms with Crippen molar-refractivity contribution >= 4 is 29.1 Å². The Balaban J connectivity index is 1.38. The van der Waals surface area contributed by atoms with E-state index in [1.54, 1.807) is 61.0 Å². The Bertz CT molecular complexity index is 1260. The molecule has 8 heteroatoms. The smallest absolute Gasteiger partial charge is 0.338 e. The Kier molecular flexibility index (Phi) is 6.58. The van der Waals surface area contributed by atoms with Crippen LogP contribution in [-0.4, -0.2) is 41.2 Å². The lowest BCUT2D eigenvalue weighted by atomic mass is 10.1. The molecule has 1 amide bonds. The Morgan fingerprint density at radius 3 is 2.32 bits per heavy atom. The molecular weight excluding hydrogens is 432 g/mol. The SMILES string of the molecule is CC1=NN(c2ccc(C(=O)OCC(=O)c3cc(C)n(NC(=O)c4ccccc4)c3C)cc2)CC1. The van der Waals surface area contributed by atoms with Gasteiger partial charge in [-0.1, -0.05) is 18.2 Å². The van der Waals surface area contributed by atoms with Crippen molar-refractivity contribution in [3.05, 3.63) is 88.7 Å². The molecule has 4 rings (SSSR count). The molecule has 34 heavy (non-hydrogen) atoms. The van der Waals surface area contributed by atoms with Crippen molar-refractivity contribution in [2.24, 2.45) is 5.10 Å². The van der Waals surface area contributed by atoms with Gasteiger partial charge in [-0.15, -0.1) is 0 Å². The second-order valence-electron chi connectivity index (χ2n) is 8.18. The number of aryl methyl sites for hydroxylation is 1. The van der Waals surface area contributed by atoms with E-state index in [1.165, 1.54) is 0 Å². The van der Waals surface area contributed by atoms with Crippen LogP contribution in [0.2, 0.25) is 0 Å². The molecule has 8 nitrogen and oxygen atoms in total. The number of Topliss-reactive ketones (excluding diaryl/α,β-unsaturated/α-hetero) is 1. The number of anilines is 1. The highest BCUT2D eigenvalue weighted by Crippen LogP contribution is 2.20. The second kappa shape index (κ2) is 9.74. The minimum absolute atomic E-state index is 0.286. The van der Waals surface area contributed by atoms with E-state index in [-0.39, 0.29) is 11.7 Å². The van der Waals surface area contributed by atoms with Gasteiger partial charge in [0.1, 0.15) is 0 Å². The van der Waals surface area contributed by atoms with E-state index in [2.05, 4.69) is 10.5 Å². The molecule has 3 aromatic rings. The van der Waals surface area contributed by atoms with Crippen LogP contribution in [0.3, 0.4) is 0 Å².